The molecule has 0 aliphatic carbocycles. The predicted octanol–water partition coefficient (Wildman–Crippen LogP) is 3.13. The van der Waals surface area contributed by atoms with Gasteiger partial charge in [-0.25, -0.2) is 8.42 Å². The highest BCUT2D eigenvalue weighted by Gasteiger charge is 2.17. The molecule has 0 radical (unpaired) electrons. The number of sulfone groups is 1. The molecular formula is C16H14O4S. The fourth-order valence-corrected chi connectivity index (χ4v) is 2.89. The van der Waals surface area contributed by atoms with Crippen LogP contribution < -0.4 is 9.47 Å². The van der Waals surface area contributed by atoms with Crippen molar-refractivity contribution >= 4 is 15.9 Å². The van der Waals surface area contributed by atoms with E-state index in [2.05, 4.69) is 6.58 Å². The summed E-state index contributed by atoms with van der Waals surface area (Å²) in [7, 11) is -3.19. The molecular weight excluding hydrogens is 288 g/mol. The molecule has 1 aliphatic heterocycles. The molecule has 0 fully saturated rings. The monoisotopic (exact) mass is 302 g/mol. The lowest BCUT2D eigenvalue weighted by Crippen LogP contribution is -1.96. The minimum absolute atomic E-state index is 0.211. The zero-order valence-corrected chi connectivity index (χ0v) is 12.3. The van der Waals surface area contributed by atoms with Gasteiger partial charge in [-0.3, -0.25) is 0 Å². The van der Waals surface area contributed by atoms with Crippen molar-refractivity contribution in [2.24, 2.45) is 0 Å². The molecule has 0 atom stereocenters. The van der Waals surface area contributed by atoms with Crippen LogP contribution in [0, 0.1) is 0 Å². The smallest absolute Gasteiger partial charge is 0.231 e. The van der Waals surface area contributed by atoms with Gasteiger partial charge < -0.3 is 9.47 Å². The van der Waals surface area contributed by atoms with Gasteiger partial charge in [-0.05, 0) is 41.0 Å². The average Bonchev–Trinajstić information content (AvgIpc) is 2.92. The Balaban J connectivity index is 2.10. The molecule has 0 bridgehead atoms. The number of hydrogen-bond donors (Lipinski definition) is 0. The van der Waals surface area contributed by atoms with Crippen LogP contribution in [-0.2, 0) is 9.84 Å². The molecule has 5 heteroatoms. The van der Waals surface area contributed by atoms with Gasteiger partial charge in [0.1, 0.15) is 0 Å². The summed E-state index contributed by atoms with van der Waals surface area (Å²) >= 11 is 0. The third kappa shape index (κ3) is 2.52. The highest BCUT2D eigenvalue weighted by molar-refractivity contribution is 7.90. The van der Waals surface area contributed by atoms with Crippen molar-refractivity contribution in [3.63, 3.8) is 0 Å². The number of benzene rings is 2. The molecule has 0 saturated heterocycles. The Morgan fingerprint density at radius 2 is 1.71 bits per heavy atom. The Hall–Kier alpha value is -2.27. The molecule has 1 aliphatic rings. The third-order valence-electron chi connectivity index (χ3n) is 3.36. The summed E-state index contributed by atoms with van der Waals surface area (Å²) in [6.45, 7) is 4.02. The largest absolute Gasteiger partial charge is 0.454 e. The van der Waals surface area contributed by atoms with Gasteiger partial charge in [0, 0.05) is 6.26 Å². The van der Waals surface area contributed by atoms with E-state index in [9.17, 15) is 8.42 Å². The molecule has 0 spiro atoms. The van der Waals surface area contributed by atoms with Crippen LogP contribution in [0.4, 0.5) is 0 Å². The average molecular weight is 302 g/mol. The van der Waals surface area contributed by atoms with Crippen molar-refractivity contribution in [2.45, 2.75) is 4.90 Å². The summed E-state index contributed by atoms with van der Waals surface area (Å²) in [6.07, 6.45) is 2.93. The third-order valence-corrected chi connectivity index (χ3v) is 4.49. The summed E-state index contributed by atoms with van der Waals surface area (Å²) in [5.74, 6) is 1.38. The second-order valence-electron chi connectivity index (χ2n) is 4.79. The fraction of sp³-hybridized carbons (Fsp3) is 0.125. The molecule has 2 aromatic rings. The van der Waals surface area contributed by atoms with Crippen LogP contribution in [0.5, 0.6) is 11.5 Å². The van der Waals surface area contributed by atoms with Crippen molar-refractivity contribution in [2.75, 3.05) is 13.0 Å². The zero-order chi connectivity index (χ0) is 15.0. The Kier molecular flexibility index (Phi) is 3.22. The number of rotatable bonds is 3. The van der Waals surface area contributed by atoms with Crippen LogP contribution in [0.25, 0.3) is 17.2 Å². The summed E-state index contributed by atoms with van der Waals surface area (Å²) < 4.78 is 33.7. The van der Waals surface area contributed by atoms with Gasteiger partial charge in [0.25, 0.3) is 0 Å². The van der Waals surface area contributed by atoms with Crippen molar-refractivity contribution < 1.29 is 17.9 Å². The first-order chi connectivity index (χ1) is 9.99. The first kappa shape index (κ1) is 13.7. The van der Waals surface area contributed by atoms with Crippen molar-refractivity contribution in [1.82, 2.24) is 0 Å². The lowest BCUT2D eigenvalue weighted by atomic mass is 9.99. The molecule has 0 N–H and O–H groups in total. The van der Waals surface area contributed by atoms with Crippen LogP contribution >= 0.6 is 0 Å². The van der Waals surface area contributed by atoms with E-state index in [0.29, 0.717) is 16.4 Å². The van der Waals surface area contributed by atoms with E-state index in [1.807, 2.05) is 12.1 Å². The molecule has 1 heterocycles. The van der Waals surface area contributed by atoms with Crippen LogP contribution in [0.2, 0.25) is 0 Å². The number of hydrogen-bond acceptors (Lipinski definition) is 4. The summed E-state index contributed by atoms with van der Waals surface area (Å²) in [4.78, 5) is 0.298. The lowest BCUT2D eigenvalue weighted by Gasteiger charge is -2.09. The van der Waals surface area contributed by atoms with Gasteiger partial charge >= 0.3 is 0 Å². The van der Waals surface area contributed by atoms with Crippen molar-refractivity contribution in [1.29, 1.82) is 0 Å². The molecule has 108 valence electrons. The van der Waals surface area contributed by atoms with Gasteiger partial charge in [0.05, 0.1) is 4.90 Å². The molecule has 21 heavy (non-hydrogen) atoms. The van der Waals surface area contributed by atoms with E-state index in [-0.39, 0.29) is 6.79 Å². The minimum atomic E-state index is -3.19. The zero-order valence-electron chi connectivity index (χ0n) is 11.5. The first-order valence-corrected chi connectivity index (χ1v) is 8.25. The SMILES string of the molecule is C=Cc1cc2c(cc1-c1ccc(S(C)(=O)=O)cc1)OCO2. The quantitative estimate of drug-likeness (QED) is 0.874. The Bertz CT molecular complexity index is 805. The normalized spacial score (nSPS) is 13.2. The second kappa shape index (κ2) is 4.93. The number of fused-ring (bicyclic) bond motifs is 1. The van der Waals surface area contributed by atoms with Crippen molar-refractivity contribution in [3.8, 4) is 22.6 Å². The molecule has 4 nitrogen and oxygen atoms in total. The minimum Gasteiger partial charge on any atom is -0.454 e. The van der Waals surface area contributed by atoms with Crippen LogP contribution in [0.1, 0.15) is 5.56 Å². The Morgan fingerprint density at radius 1 is 1.10 bits per heavy atom. The van der Waals surface area contributed by atoms with Gasteiger partial charge in [-0.2, -0.15) is 0 Å². The molecule has 0 saturated carbocycles. The number of ether oxygens (including phenoxy) is 2. The maximum absolute atomic E-state index is 11.5. The highest BCUT2D eigenvalue weighted by atomic mass is 32.2. The Labute approximate surface area is 123 Å². The lowest BCUT2D eigenvalue weighted by molar-refractivity contribution is 0.174. The molecule has 0 aromatic heterocycles. The molecule has 0 unspecified atom stereocenters. The van der Waals surface area contributed by atoms with Gasteiger partial charge in [0.2, 0.25) is 6.79 Å². The first-order valence-electron chi connectivity index (χ1n) is 6.35. The maximum atomic E-state index is 11.5. The van der Waals surface area contributed by atoms with Crippen molar-refractivity contribution in [3.05, 3.63) is 48.5 Å². The summed E-state index contributed by atoms with van der Waals surface area (Å²) in [5, 5.41) is 0. The van der Waals surface area contributed by atoms with E-state index < -0.39 is 9.84 Å². The standard InChI is InChI=1S/C16H14O4S/c1-3-11-8-15-16(20-10-19-15)9-14(11)12-4-6-13(7-5-12)21(2,17)18/h3-9H,1,10H2,2H3. The summed E-state index contributed by atoms with van der Waals surface area (Å²) in [6, 6.07) is 10.5. The topological polar surface area (TPSA) is 52.6 Å². The second-order valence-corrected chi connectivity index (χ2v) is 6.81. The van der Waals surface area contributed by atoms with Gasteiger partial charge in [-0.15, -0.1) is 0 Å². The van der Waals surface area contributed by atoms with Crippen LogP contribution in [0.3, 0.4) is 0 Å². The van der Waals surface area contributed by atoms with Gasteiger partial charge in [0.15, 0.2) is 21.3 Å². The predicted molar refractivity (Wildman–Crippen MR) is 81.2 cm³/mol. The van der Waals surface area contributed by atoms with E-state index >= 15 is 0 Å². The molecule has 3 rings (SSSR count). The molecule has 0 amide bonds. The fourth-order valence-electron chi connectivity index (χ4n) is 2.26. The van der Waals surface area contributed by atoms with E-state index in [0.717, 1.165) is 16.7 Å². The summed E-state index contributed by atoms with van der Waals surface area (Å²) in [5.41, 5.74) is 2.73. The Morgan fingerprint density at radius 3 is 2.29 bits per heavy atom. The van der Waals surface area contributed by atoms with E-state index in [4.69, 9.17) is 9.47 Å². The van der Waals surface area contributed by atoms with Crippen LogP contribution in [-0.4, -0.2) is 21.5 Å². The van der Waals surface area contributed by atoms with E-state index in [1.165, 1.54) is 6.26 Å². The van der Waals surface area contributed by atoms with E-state index in [1.54, 1.807) is 30.3 Å². The highest BCUT2D eigenvalue weighted by Crippen LogP contribution is 2.39. The van der Waals surface area contributed by atoms with Gasteiger partial charge in [-0.1, -0.05) is 24.8 Å². The maximum Gasteiger partial charge on any atom is 0.231 e. The van der Waals surface area contributed by atoms with Crippen LogP contribution in [0.15, 0.2) is 47.9 Å². The molecule has 2 aromatic carbocycles.